The molecule has 0 aliphatic heterocycles. The Morgan fingerprint density at radius 2 is 2.00 bits per heavy atom. The highest BCUT2D eigenvalue weighted by Gasteiger charge is 2.05. The van der Waals surface area contributed by atoms with Crippen molar-refractivity contribution in [2.24, 2.45) is 0 Å². The molecule has 2 aromatic heterocycles. The number of nitrogens with one attached hydrogen (secondary N) is 1. The van der Waals surface area contributed by atoms with Crippen molar-refractivity contribution < 1.29 is 9.72 Å². The molecule has 142 valence electrons. The third kappa shape index (κ3) is 4.72. The van der Waals surface area contributed by atoms with Crippen LogP contribution in [0.25, 0.3) is 11.9 Å². The Morgan fingerprint density at radius 1 is 1.21 bits per heavy atom. The number of rotatable bonds is 7. The van der Waals surface area contributed by atoms with Crippen molar-refractivity contribution in [1.82, 2.24) is 29.9 Å². The maximum absolute atomic E-state index is 11.9. The molecule has 3 rings (SSSR count). The monoisotopic (exact) mass is 381 g/mol. The summed E-state index contributed by atoms with van der Waals surface area (Å²) in [5.74, 6) is 0.0697. The van der Waals surface area contributed by atoms with Gasteiger partial charge >= 0.3 is 0 Å². The lowest BCUT2D eigenvalue weighted by atomic mass is 10.2. The maximum Gasteiger partial charge on any atom is 0.269 e. The molecule has 1 aromatic carbocycles. The summed E-state index contributed by atoms with van der Waals surface area (Å²) < 4.78 is 2.64. The molecule has 0 fully saturated rings. The highest BCUT2D eigenvalue weighted by molar-refractivity contribution is 5.91. The predicted octanol–water partition coefficient (Wildman–Crippen LogP) is 0.562. The second kappa shape index (κ2) is 8.49. The van der Waals surface area contributed by atoms with Crippen LogP contribution in [0.2, 0.25) is 0 Å². The second-order valence-electron chi connectivity index (χ2n) is 5.57. The van der Waals surface area contributed by atoms with E-state index in [9.17, 15) is 19.7 Å². The lowest BCUT2D eigenvalue weighted by Crippen LogP contribution is -2.31. The summed E-state index contributed by atoms with van der Waals surface area (Å²) in [6.45, 7) is 0.371. The molecule has 28 heavy (non-hydrogen) atoms. The largest absolute Gasteiger partial charge is 0.351 e. The number of carbonyl (C=O) groups is 1. The number of aromatic nitrogens is 5. The number of nitro groups is 1. The van der Waals surface area contributed by atoms with Gasteiger partial charge in [0.15, 0.2) is 5.82 Å². The van der Waals surface area contributed by atoms with Gasteiger partial charge in [-0.05, 0) is 29.8 Å². The average molecular weight is 381 g/mol. The minimum Gasteiger partial charge on any atom is -0.351 e. The maximum atomic E-state index is 11.9. The van der Waals surface area contributed by atoms with Crippen LogP contribution in [0.4, 0.5) is 5.69 Å². The minimum atomic E-state index is -0.492. The fraction of sp³-hybridized carbons (Fsp3) is 0.118. The first-order valence-corrected chi connectivity index (χ1v) is 8.16. The van der Waals surface area contributed by atoms with Gasteiger partial charge in [-0.15, -0.1) is 5.10 Å². The summed E-state index contributed by atoms with van der Waals surface area (Å²) in [7, 11) is 0. The van der Waals surface area contributed by atoms with Crippen LogP contribution in [0, 0.1) is 10.1 Å². The smallest absolute Gasteiger partial charge is 0.269 e. The Bertz CT molecular complexity index is 1060. The number of hydrogen-bond donors (Lipinski definition) is 1. The third-order valence-electron chi connectivity index (χ3n) is 3.66. The van der Waals surface area contributed by atoms with Gasteiger partial charge in [0.25, 0.3) is 11.2 Å². The van der Waals surface area contributed by atoms with Gasteiger partial charge in [0, 0.05) is 30.8 Å². The second-order valence-corrected chi connectivity index (χ2v) is 5.57. The predicted molar refractivity (Wildman–Crippen MR) is 98.6 cm³/mol. The lowest BCUT2D eigenvalue weighted by Gasteiger charge is -2.07. The summed E-state index contributed by atoms with van der Waals surface area (Å²) >= 11 is 0. The topological polar surface area (TPSA) is 138 Å². The summed E-state index contributed by atoms with van der Waals surface area (Å²) in [5.41, 5.74) is 0.325. The van der Waals surface area contributed by atoms with Crippen molar-refractivity contribution in [1.29, 1.82) is 0 Å². The molecule has 2 heterocycles. The zero-order valence-corrected chi connectivity index (χ0v) is 14.5. The van der Waals surface area contributed by atoms with E-state index >= 15 is 0 Å². The normalized spacial score (nSPS) is 10.9. The molecule has 0 saturated carbocycles. The third-order valence-corrected chi connectivity index (χ3v) is 3.66. The van der Waals surface area contributed by atoms with Gasteiger partial charge in [0.05, 0.1) is 11.5 Å². The zero-order valence-electron chi connectivity index (χ0n) is 14.5. The molecule has 0 saturated heterocycles. The van der Waals surface area contributed by atoms with E-state index in [2.05, 4.69) is 20.5 Å². The molecule has 11 heteroatoms. The van der Waals surface area contributed by atoms with Crippen molar-refractivity contribution in [3.8, 4) is 5.82 Å². The Morgan fingerprint density at radius 3 is 2.68 bits per heavy atom. The van der Waals surface area contributed by atoms with E-state index < -0.39 is 4.92 Å². The van der Waals surface area contributed by atoms with E-state index in [4.69, 9.17) is 0 Å². The van der Waals surface area contributed by atoms with E-state index in [0.717, 1.165) is 0 Å². The van der Waals surface area contributed by atoms with E-state index in [1.54, 1.807) is 12.1 Å². The Balaban J connectivity index is 1.54. The van der Waals surface area contributed by atoms with Crippen molar-refractivity contribution in [2.75, 3.05) is 6.54 Å². The number of carbonyl (C=O) groups excluding carboxylic acids is 1. The van der Waals surface area contributed by atoms with Crippen molar-refractivity contribution in [3.63, 3.8) is 0 Å². The molecule has 0 atom stereocenters. The van der Waals surface area contributed by atoms with Crippen LogP contribution in [-0.4, -0.2) is 41.9 Å². The quantitative estimate of drug-likeness (QED) is 0.358. The average Bonchev–Trinajstić information content (AvgIpc) is 3.23. The first-order chi connectivity index (χ1) is 13.5. The first kappa shape index (κ1) is 18.6. The molecule has 1 N–H and O–H groups in total. The summed E-state index contributed by atoms with van der Waals surface area (Å²) in [6.07, 6.45) is 5.66. The van der Waals surface area contributed by atoms with Gasteiger partial charge in [-0.3, -0.25) is 19.7 Å². The summed E-state index contributed by atoms with van der Waals surface area (Å²) in [5, 5.41) is 21.4. The molecule has 0 spiro atoms. The van der Waals surface area contributed by atoms with E-state index in [0.29, 0.717) is 11.4 Å². The molecule has 3 aromatic rings. The molecule has 0 aliphatic carbocycles. The van der Waals surface area contributed by atoms with Gasteiger partial charge in [-0.1, -0.05) is 0 Å². The van der Waals surface area contributed by atoms with Gasteiger partial charge in [0.1, 0.15) is 12.7 Å². The van der Waals surface area contributed by atoms with Crippen LogP contribution in [0.5, 0.6) is 0 Å². The van der Waals surface area contributed by atoms with E-state index in [1.807, 2.05) is 0 Å². The number of non-ortho nitro benzene ring substituents is 1. The number of nitrogens with zero attached hydrogens (tertiary/aromatic N) is 6. The molecule has 1 amide bonds. The summed E-state index contributed by atoms with van der Waals surface area (Å²) in [4.78, 5) is 37.7. The van der Waals surface area contributed by atoms with Crippen LogP contribution in [0.15, 0.2) is 59.9 Å². The Labute approximate surface area is 158 Å². The van der Waals surface area contributed by atoms with Gasteiger partial charge in [0.2, 0.25) is 5.91 Å². The molecule has 0 bridgehead atoms. The van der Waals surface area contributed by atoms with Gasteiger partial charge < -0.3 is 5.32 Å². The van der Waals surface area contributed by atoms with Gasteiger partial charge in [-0.25, -0.2) is 14.3 Å². The molecule has 11 nitrogen and oxygen atoms in total. The van der Waals surface area contributed by atoms with Crippen LogP contribution < -0.4 is 10.9 Å². The SMILES string of the molecule is O=C(/C=C/c1ccc([N+](=O)[O-])cc1)NCCn1nc(-n2cncn2)ccc1=O. The molecule has 0 radical (unpaired) electrons. The lowest BCUT2D eigenvalue weighted by molar-refractivity contribution is -0.384. The van der Waals surface area contributed by atoms with E-state index in [-0.39, 0.29) is 30.2 Å². The fourth-order valence-electron chi connectivity index (χ4n) is 2.27. The van der Waals surface area contributed by atoms with Crippen molar-refractivity contribution in [2.45, 2.75) is 6.54 Å². The number of hydrogen-bond acceptors (Lipinski definition) is 7. The van der Waals surface area contributed by atoms with E-state index in [1.165, 1.54) is 58.4 Å². The summed E-state index contributed by atoms with van der Waals surface area (Å²) in [6, 6.07) is 8.69. The molecule has 0 aliphatic rings. The Kier molecular flexibility index (Phi) is 5.65. The first-order valence-electron chi connectivity index (χ1n) is 8.16. The Hall–Kier alpha value is -4.15. The van der Waals surface area contributed by atoms with Gasteiger partial charge in [-0.2, -0.15) is 5.10 Å². The number of benzene rings is 1. The number of nitro benzene ring substituents is 1. The molecular formula is C17H15N7O4. The van der Waals surface area contributed by atoms with Crippen LogP contribution in [-0.2, 0) is 11.3 Å². The van der Waals surface area contributed by atoms with Crippen LogP contribution >= 0.6 is 0 Å². The van der Waals surface area contributed by atoms with Crippen LogP contribution in [0.3, 0.4) is 0 Å². The fourth-order valence-corrected chi connectivity index (χ4v) is 2.27. The highest BCUT2D eigenvalue weighted by Crippen LogP contribution is 2.12. The van der Waals surface area contributed by atoms with Crippen molar-refractivity contribution >= 4 is 17.7 Å². The molecule has 0 unspecified atom stereocenters. The van der Waals surface area contributed by atoms with Crippen LogP contribution in [0.1, 0.15) is 5.56 Å². The highest BCUT2D eigenvalue weighted by atomic mass is 16.6. The number of amides is 1. The van der Waals surface area contributed by atoms with Crippen molar-refractivity contribution in [3.05, 3.63) is 81.2 Å². The standard InChI is InChI=1S/C17H15N7O4/c25-16(7-3-13-1-4-14(5-2-13)24(27)28)19-9-10-22-17(26)8-6-15(21-22)23-12-18-11-20-23/h1-8,11-12H,9-10H2,(H,19,25)/b7-3+. The minimum absolute atomic E-state index is 0.0207. The zero-order chi connectivity index (χ0) is 19.9. The molecular weight excluding hydrogens is 366 g/mol.